The summed E-state index contributed by atoms with van der Waals surface area (Å²) in [4.78, 5) is 11.6. The summed E-state index contributed by atoms with van der Waals surface area (Å²) in [6.45, 7) is 3.46. The number of anilines is 1. The summed E-state index contributed by atoms with van der Waals surface area (Å²) in [6.07, 6.45) is 1.76. The number of benzene rings is 1. The number of hydrogen-bond donors (Lipinski definition) is 2. The molecule has 2 rings (SSSR count). The van der Waals surface area contributed by atoms with E-state index < -0.39 is 0 Å². The first-order chi connectivity index (χ1) is 12.7. The number of carbonyl (C=O) groups is 1. The van der Waals surface area contributed by atoms with E-state index in [1.54, 1.807) is 14.2 Å². The average molecular weight is 397 g/mol. The van der Waals surface area contributed by atoms with Crippen LogP contribution in [0.2, 0.25) is 0 Å². The molecule has 0 unspecified atom stereocenters. The van der Waals surface area contributed by atoms with Crippen LogP contribution in [0, 0.1) is 0 Å². The van der Waals surface area contributed by atoms with Crippen molar-refractivity contribution in [2.45, 2.75) is 24.1 Å². The number of nitrogens with zero attached hydrogens (tertiary/aromatic N) is 2. The van der Waals surface area contributed by atoms with Crippen LogP contribution in [-0.2, 0) is 11.2 Å². The molecule has 7 nitrogen and oxygen atoms in total. The predicted octanol–water partition coefficient (Wildman–Crippen LogP) is 2.83. The SMILES string of the molecule is CCCNC(=O)CSc1nnc(NCCc2ccc(OC)c(OC)c2)s1. The maximum atomic E-state index is 11.6. The van der Waals surface area contributed by atoms with Crippen LogP contribution >= 0.6 is 23.1 Å². The van der Waals surface area contributed by atoms with Crippen molar-refractivity contribution >= 4 is 34.1 Å². The minimum absolute atomic E-state index is 0.0232. The Bertz CT molecular complexity index is 709. The Morgan fingerprint density at radius 3 is 2.73 bits per heavy atom. The first-order valence-corrected chi connectivity index (χ1v) is 10.1. The molecule has 9 heteroatoms. The standard InChI is InChI=1S/C17H24N4O3S2/c1-4-8-18-15(22)11-25-17-21-20-16(26-17)19-9-7-12-5-6-13(23-2)14(10-12)24-3/h5-6,10H,4,7-9,11H2,1-3H3,(H,18,22)(H,19,20). The van der Waals surface area contributed by atoms with Gasteiger partial charge in [-0.25, -0.2) is 0 Å². The number of hydrogen-bond acceptors (Lipinski definition) is 8. The van der Waals surface area contributed by atoms with E-state index in [0.29, 0.717) is 12.3 Å². The van der Waals surface area contributed by atoms with Crippen LogP contribution in [-0.4, -0.2) is 49.2 Å². The molecule has 0 saturated carbocycles. The summed E-state index contributed by atoms with van der Waals surface area (Å²) in [6, 6.07) is 5.88. The zero-order chi connectivity index (χ0) is 18.8. The molecule has 1 amide bonds. The highest BCUT2D eigenvalue weighted by Crippen LogP contribution is 2.28. The first-order valence-electron chi connectivity index (χ1n) is 8.34. The third-order valence-corrected chi connectivity index (χ3v) is 5.46. The van der Waals surface area contributed by atoms with E-state index >= 15 is 0 Å². The quantitative estimate of drug-likeness (QED) is 0.565. The molecule has 0 spiro atoms. The normalized spacial score (nSPS) is 10.4. The van der Waals surface area contributed by atoms with E-state index in [2.05, 4.69) is 20.8 Å². The van der Waals surface area contributed by atoms with Gasteiger partial charge in [0, 0.05) is 13.1 Å². The number of nitrogens with one attached hydrogen (secondary N) is 2. The molecule has 1 aromatic heterocycles. The average Bonchev–Trinajstić information content (AvgIpc) is 3.12. The summed E-state index contributed by atoms with van der Waals surface area (Å²) in [5.41, 5.74) is 1.14. The van der Waals surface area contributed by atoms with E-state index in [9.17, 15) is 4.79 Å². The highest BCUT2D eigenvalue weighted by Gasteiger charge is 2.08. The smallest absolute Gasteiger partial charge is 0.230 e. The highest BCUT2D eigenvalue weighted by atomic mass is 32.2. The lowest BCUT2D eigenvalue weighted by molar-refractivity contribution is -0.118. The van der Waals surface area contributed by atoms with Crippen molar-refractivity contribution in [1.82, 2.24) is 15.5 Å². The van der Waals surface area contributed by atoms with Crippen molar-refractivity contribution in [3.05, 3.63) is 23.8 Å². The summed E-state index contributed by atoms with van der Waals surface area (Å²) in [5, 5.41) is 15.1. The molecule has 0 radical (unpaired) electrons. The van der Waals surface area contributed by atoms with E-state index in [-0.39, 0.29) is 5.91 Å². The third-order valence-electron chi connectivity index (χ3n) is 3.44. The Morgan fingerprint density at radius 2 is 2.00 bits per heavy atom. The van der Waals surface area contributed by atoms with Gasteiger partial charge in [-0.1, -0.05) is 36.1 Å². The Balaban J connectivity index is 1.76. The minimum atomic E-state index is 0.0232. The van der Waals surface area contributed by atoms with Gasteiger partial charge in [-0.3, -0.25) is 4.79 Å². The topological polar surface area (TPSA) is 85.4 Å². The minimum Gasteiger partial charge on any atom is -0.493 e. The van der Waals surface area contributed by atoms with Crippen LogP contribution in [0.3, 0.4) is 0 Å². The summed E-state index contributed by atoms with van der Waals surface area (Å²) in [5.74, 6) is 1.83. The number of rotatable bonds is 11. The molecule has 0 fully saturated rings. The van der Waals surface area contributed by atoms with Gasteiger partial charge in [0.2, 0.25) is 11.0 Å². The zero-order valence-corrected chi connectivity index (χ0v) is 16.8. The molecule has 2 aromatic rings. The van der Waals surface area contributed by atoms with Gasteiger partial charge in [-0.15, -0.1) is 10.2 Å². The molecule has 0 bridgehead atoms. The Labute approximate surface area is 161 Å². The van der Waals surface area contributed by atoms with Crippen molar-refractivity contribution in [2.24, 2.45) is 0 Å². The van der Waals surface area contributed by atoms with Gasteiger partial charge >= 0.3 is 0 Å². The highest BCUT2D eigenvalue weighted by molar-refractivity contribution is 8.01. The van der Waals surface area contributed by atoms with Gasteiger partial charge in [-0.05, 0) is 30.5 Å². The van der Waals surface area contributed by atoms with Gasteiger partial charge in [0.05, 0.1) is 20.0 Å². The van der Waals surface area contributed by atoms with E-state index in [1.807, 2.05) is 25.1 Å². The summed E-state index contributed by atoms with van der Waals surface area (Å²) in [7, 11) is 3.25. The first kappa shape index (κ1) is 20.3. The van der Waals surface area contributed by atoms with Gasteiger partial charge in [0.1, 0.15) is 0 Å². The van der Waals surface area contributed by atoms with Crippen molar-refractivity contribution < 1.29 is 14.3 Å². The maximum absolute atomic E-state index is 11.6. The lowest BCUT2D eigenvalue weighted by Crippen LogP contribution is -2.25. The Kier molecular flexibility index (Phi) is 8.49. The van der Waals surface area contributed by atoms with Gasteiger partial charge < -0.3 is 20.1 Å². The molecule has 0 atom stereocenters. The number of thioether (sulfide) groups is 1. The van der Waals surface area contributed by atoms with Crippen LogP contribution in [0.1, 0.15) is 18.9 Å². The molecule has 0 aliphatic heterocycles. The number of methoxy groups -OCH3 is 2. The van der Waals surface area contributed by atoms with Crippen LogP contribution < -0.4 is 20.1 Å². The fourth-order valence-electron chi connectivity index (χ4n) is 2.13. The second kappa shape index (κ2) is 10.9. The van der Waals surface area contributed by atoms with Crippen LogP contribution in [0.4, 0.5) is 5.13 Å². The number of amides is 1. The maximum Gasteiger partial charge on any atom is 0.230 e. The molecule has 1 heterocycles. The van der Waals surface area contributed by atoms with Crippen molar-refractivity contribution in [3.8, 4) is 11.5 Å². The molecule has 26 heavy (non-hydrogen) atoms. The monoisotopic (exact) mass is 396 g/mol. The van der Waals surface area contributed by atoms with E-state index in [1.165, 1.54) is 23.1 Å². The van der Waals surface area contributed by atoms with Crippen molar-refractivity contribution in [3.63, 3.8) is 0 Å². The van der Waals surface area contributed by atoms with Crippen LogP contribution in [0.5, 0.6) is 11.5 Å². The largest absolute Gasteiger partial charge is 0.493 e. The summed E-state index contributed by atoms with van der Waals surface area (Å²) >= 11 is 2.85. The zero-order valence-electron chi connectivity index (χ0n) is 15.2. The second-order valence-electron chi connectivity index (χ2n) is 5.38. The number of carbonyl (C=O) groups excluding carboxylic acids is 1. The second-order valence-corrected chi connectivity index (χ2v) is 7.58. The van der Waals surface area contributed by atoms with Gasteiger partial charge in [0.25, 0.3) is 0 Å². The fraction of sp³-hybridized carbons (Fsp3) is 0.471. The Morgan fingerprint density at radius 1 is 1.19 bits per heavy atom. The third kappa shape index (κ3) is 6.38. The molecule has 0 aliphatic rings. The van der Waals surface area contributed by atoms with E-state index in [0.717, 1.165) is 45.9 Å². The number of ether oxygens (including phenoxy) is 2. The molecule has 1 aromatic carbocycles. The van der Waals surface area contributed by atoms with Crippen LogP contribution in [0.15, 0.2) is 22.5 Å². The van der Waals surface area contributed by atoms with E-state index in [4.69, 9.17) is 9.47 Å². The molecule has 142 valence electrons. The summed E-state index contributed by atoms with van der Waals surface area (Å²) < 4.78 is 11.3. The molecule has 0 aliphatic carbocycles. The fourth-order valence-corrected chi connectivity index (χ4v) is 3.74. The van der Waals surface area contributed by atoms with Crippen molar-refractivity contribution in [1.29, 1.82) is 0 Å². The van der Waals surface area contributed by atoms with Gasteiger partial charge in [-0.2, -0.15) is 0 Å². The van der Waals surface area contributed by atoms with Crippen molar-refractivity contribution in [2.75, 3.05) is 38.4 Å². The molecular formula is C17H24N4O3S2. The predicted molar refractivity (Wildman–Crippen MR) is 106 cm³/mol. The molecular weight excluding hydrogens is 372 g/mol. The van der Waals surface area contributed by atoms with Crippen LogP contribution in [0.25, 0.3) is 0 Å². The van der Waals surface area contributed by atoms with Gasteiger partial charge in [0.15, 0.2) is 15.8 Å². The Hall–Kier alpha value is -2.00. The number of aromatic nitrogens is 2. The lowest BCUT2D eigenvalue weighted by atomic mass is 10.1. The lowest BCUT2D eigenvalue weighted by Gasteiger charge is -2.09. The molecule has 2 N–H and O–H groups in total. The molecule has 0 saturated heterocycles.